The van der Waals surface area contributed by atoms with Gasteiger partial charge in [-0.2, -0.15) is 0 Å². The van der Waals surface area contributed by atoms with Gasteiger partial charge in [0.15, 0.2) is 0 Å². The summed E-state index contributed by atoms with van der Waals surface area (Å²) in [6.45, 7) is 0.514. The fourth-order valence-electron chi connectivity index (χ4n) is 4.76. The molecule has 0 aliphatic heterocycles. The average Bonchev–Trinajstić information content (AvgIpc) is 2.92. The third-order valence-electron chi connectivity index (χ3n) is 6.74. The fourth-order valence-corrected chi connectivity index (χ4v) is 4.76. The Balaban J connectivity index is 0.00000320. The maximum absolute atomic E-state index is 11.8. The van der Waals surface area contributed by atoms with Gasteiger partial charge in [0.1, 0.15) is 17.1 Å². The number of fused-ring (bicyclic) bond motifs is 1. The normalized spacial score (nSPS) is 15.2. The van der Waals surface area contributed by atoms with Crippen LogP contribution in [0.2, 0.25) is 0 Å². The number of aliphatic hydroxyl groups is 1. The van der Waals surface area contributed by atoms with E-state index in [-0.39, 0.29) is 24.0 Å². The molecule has 2 atom stereocenters. The summed E-state index contributed by atoms with van der Waals surface area (Å²) in [6, 6.07) is 30.9. The lowest BCUT2D eigenvalue weighted by molar-refractivity contribution is 0.0694. The molecule has 5 nitrogen and oxygen atoms in total. The van der Waals surface area contributed by atoms with E-state index in [1.54, 1.807) is 24.3 Å². The average molecular weight is 516 g/mol. The van der Waals surface area contributed by atoms with Crippen molar-refractivity contribution in [2.75, 3.05) is 6.54 Å². The molecule has 37 heavy (non-hydrogen) atoms. The number of ether oxygens (including phenoxy) is 1. The lowest BCUT2D eigenvalue weighted by Gasteiger charge is -2.27. The maximum atomic E-state index is 11.8. The monoisotopic (exact) mass is 515 g/mol. The predicted octanol–water partition coefficient (Wildman–Crippen LogP) is 6.45. The van der Waals surface area contributed by atoms with Crippen LogP contribution in [0.25, 0.3) is 11.1 Å². The number of hydrogen-bond acceptors (Lipinski definition) is 4. The number of benzene rings is 4. The van der Waals surface area contributed by atoms with E-state index in [0.717, 1.165) is 36.0 Å². The minimum atomic E-state index is -1.02. The van der Waals surface area contributed by atoms with E-state index in [2.05, 4.69) is 23.5 Å². The molecule has 0 radical (unpaired) electrons. The molecule has 0 bridgehead atoms. The summed E-state index contributed by atoms with van der Waals surface area (Å²) < 4.78 is 5.94. The zero-order chi connectivity index (χ0) is 24.9. The molecule has 0 saturated heterocycles. The van der Waals surface area contributed by atoms with Crippen molar-refractivity contribution in [1.82, 2.24) is 5.32 Å². The first-order chi connectivity index (χ1) is 17.6. The second-order valence-electron chi connectivity index (χ2n) is 9.19. The van der Waals surface area contributed by atoms with Gasteiger partial charge in [0.2, 0.25) is 0 Å². The van der Waals surface area contributed by atoms with Crippen molar-refractivity contribution in [2.45, 2.75) is 31.4 Å². The van der Waals surface area contributed by atoms with Crippen LogP contribution in [0, 0.1) is 0 Å². The maximum Gasteiger partial charge on any atom is 0.339 e. The molecule has 0 fully saturated rings. The lowest BCUT2D eigenvalue weighted by atomic mass is 9.86. The molecule has 0 spiro atoms. The zero-order valence-electron chi connectivity index (χ0n) is 20.3. The minimum Gasteiger partial charge on any atom is -0.478 e. The van der Waals surface area contributed by atoms with Gasteiger partial charge in [-0.05, 0) is 71.3 Å². The number of halogens is 1. The van der Waals surface area contributed by atoms with Crippen molar-refractivity contribution in [3.8, 4) is 22.6 Å². The number of aliphatic hydroxyl groups excluding tert-OH is 1. The van der Waals surface area contributed by atoms with E-state index in [4.69, 9.17) is 4.74 Å². The topological polar surface area (TPSA) is 78.8 Å². The van der Waals surface area contributed by atoms with E-state index in [1.807, 2.05) is 54.6 Å². The molecule has 3 N–H and O–H groups in total. The number of rotatable bonds is 8. The third-order valence-corrected chi connectivity index (χ3v) is 6.74. The summed E-state index contributed by atoms with van der Waals surface area (Å²) in [7, 11) is 0. The molecule has 0 aromatic heterocycles. The molecule has 0 heterocycles. The van der Waals surface area contributed by atoms with Crippen LogP contribution in [0.3, 0.4) is 0 Å². The molecular weight excluding hydrogens is 486 g/mol. The van der Waals surface area contributed by atoms with Gasteiger partial charge in [0, 0.05) is 12.6 Å². The zero-order valence-corrected chi connectivity index (χ0v) is 21.2. The van der Waals surface area contributed by atoms with Gasteiger partial charge in [-0.15, -0.1) is 12.4 Å². The molecule has 1 aliphatic carbocycles. The number of aromatic carboxylic acids is 1. The molecule has 0 unspecified atom stereocenters. The molecule has 0 amide bonds. The summed E-state index contributed by atoms with van der Waals surface area (Å²) >= 11 is 0. The first-order valence-corrected chi connectivity index (χ1v) is 12.3. The van der Waals surface area contributed by atoms with Crippen LogP contribution in [-0.2, 0) is 12.8 Å². The first kappa shape index (κ1) is 26.4. The Morgan fingerprint density at radius 2 is 1.57 bits per heavy atom. The third kappa shape index (κ3) is 6.38. The van der Waals surface area contributed by atoms with Crippen molar-refractivity contribution in [2.24, 2.45) is 0 Å². The second-order valence-corrected chi connectivity index (χ2v) is 9.19. The number of hydrogen-bond donors (Lipinski definition) is 3. The smallest absolute Gasteiger partial charge is 0.339 e. The lowest BCUT2D eigenvalue weighted by Crippen LogP contribution is -2.37. The van der Waals surface area contributed by atoms with Gasteiger partial charge in [0.05, 0.1) is 6.10 Å². The van der Waals surface area contributed by atoms with Crippen molar-refractivity contribution in [1.29, 1.82) is 0 Å². The van der Waals surface area contributed by atoms with Gasteiger partial charge < -0.3 is 20.3 Å². The Morgan fingerprint density at radius 3 is 2.30 bits per heavy atom. The summed E-state index contributed by atoms with van der Waals surface area (Å²) in [5, 5.41) is 23.7. The van der Waals surface area contributed by atoms with Crippen molar-refractivity contribution >= 4 is 18.4 Å². The molecule has 0 saturated carbocycles. The summed E-state index contributed by atoms with van der Waals surface area (Å²) in [5.41, 5.74) is 5.59. The van der Waals surface area contributed by atoms with E-state index in [1.165, 1.54) is 11.1 Å². The second kappa shape index (κ2) is 12.1. The van der Waals surface area contributed by atoms with E-state index in [0.29, 0.717) is 18.0 Å². The van der Waals surface area contributed by atoms with Crippen LogP contribution in [0.5, 0.6) is 11.5 Å². The molecule has 6 heteroatoms. The predicted molar refractivity (Wildman–Crippen MR) is 148 cm³/mol. The standard InChI is InChI=1S/C31H29NO4.ClH/c33-29(22-7-3-1-4-8-22)20-32-26-15-13-21-11-12-23(17-25(21)18-26)24-14-16-28(31(34)35)30(19-24)36-27-9-5-2-6-10-27;/h1-12,14,16-17,19,26,29,32-33H,13,15,18,20H2,(H,34,35);1H/t26-,29+;/m0./s1. The number of para-hydroxylation sites is 1. The number of aryl methyl sites for hydroxylation is 1. The van der Waals surface area contributed by atoms with E-state index < -0.39 is 12.1 Å². The van der Waals surface area contributed by atoms with Crippen molar-refractivity contribution in [3.05, 3.63) is 119 Å². The summed E-state index contributed by atoms with van der Waals surface area (Å²) in [5.74, 6) is -0.114. The van der Waals surface area contributed by atoms with Gasteiger partial charge >= 0.3 is 5.97 Å². The molecular formula is C31H30ClNO4. The number of carboxylic acid groups (broad SMARTS) is 1. The van der Waals surface area contributed by atoms with Gasteiger partial charge in [-0.1, -0.05) is 72.8 Å². The SMILES string of the molecule is Cl.O=C(O)c1ccc(-c2ccc3c(c2)C[C@@H](NC[C@@H](O)c2ccccc2)CC3)cc1Oc1ccccc1. The number of carboxylic acids is 1. The summed E-state index contributed by atoms with van der Waals surface area (Å²) in [4.78, 5) is 11.8. The minimum absolute atomic E-state index is 0. The van der Waals surface area contributed by atoms with E-state index in [9.17, 15) is 15.0 Å². The van der Waals surface area contributed by atoms with Crippen LogP contribution in [0.15, 0.2) is 97.1 Å². The molecule has 190 valence electrons. The fraction of sp³-hybridized carbons (Fsp3) is 0.194. The van der Waals surface area contributed by atoms with Crippen LogP contribution in [0.4, 0.5) is 0 Å². The summed E-state index contributed by atoms with van der Waals surface area (Å²) in [6.07, 6.45) is 2.35. The quantitative estimate of drug-likeness (QED) is 0.251. The van der Waals surface area contributed by atoms with Crippen molar-refractivity contribution < 1.29 is 19.7 Å². The highest BCUT2D eigenvalue weighted by Gasteiger charge is 2.21. The largest absolute Gasteiger partial charge is 0.478 e. The van der Waals surface area contributed by atoms with Crippen LogP contribution in [0.1, 0.15) is 39.6 Å². The van der Waals surface area contributed by atoms with Gasteiger partial charge in [0.25, 0.3) is 0 Å². The molecule has 1 aliphatic rings. The highest BCUT2D eigenvalue weighted by atomic mass is 35.5. The molecule has 5 rings (SSSR count). The van der Waals surface area contributed by atoms with Crippen LogP contribution < -0.4 is 10.1 Å². The number of carbonyl (C=O) groups is 1. The Bertz CT molecular complexity index is 1340. The van der Waals surface area contributed by atoms with Crippen molar-refractivity contribution in [3.63, 3.8) is 0 Å². The molecule has 4 aromatic rings. The highest BCUT2D eigenvalue weighted by Crippen LogP contribution is 2.33. The van der Waals surface area contributed by atoms with Gasteiger partial charge in [-0.25, -0.2) is 4.79 Å². The van der Waals surface area contributed by atoms with Crippen LogP contribution >= 0.6 is 12.4 Å². The Morgan fingerprint density at radius 1 is 0.892 bits per heavy atom. The molecule has 4 aromatic carbocycles. The van der Waals surface area contributed by atoms with Crippen LogP contribution in [-0.4, -0.2) is 28.8 Å². The van der Waals surface area contributed by atoms with Gasteiger partial charge in [-0.3, -0.25) is 0 Å². The Labute approximate surface area is 223 Å². The first-order valence-electron chi connectivity index (χ1n) is 12.3. The Kier molecular flexibility index (Phi) is 8.62. The van der Waals surface area contributed by atoms with E-state index >= 15 is 0 Å². The number of nitrogens with one attached hydrogen (secondary N) is 1. The Hall–Kier alpha value is -3.64. The highest BCUT2D eigenvalue weighted by molar-refractivity contribution is 5.92.